The summed E-state index contributed by atoms with van der Waals surface area (Å²) in [6.07, 6.45) is 1.43. The lowest BCUT2D eigenvalue weighted by Gasteiger charge is -2.13. The van der Waals surface area contributed by atoms with E-state index in [0.29, 0.717) is 17.9 Å². The summed E-state index contributed by atoms with van der Waals surface area (Å²) in [7, 11) is 0. The molecule has 0 aliphatic heterocycles. The number of carbonyl (C=O) groups is 2. The predicted molar refractivity (Wildman–Crippen MR) is 104 cm³/mol. The van der Waals surface area contributed by atoms with E-state index in [1.165, 1.54) is 6.21 Å². The van der Waals surface area contributed by atoms with Gasteiger partial charge in [0.25, 0.3) is 0 Å². The monoisotopic (exact) mass is 417 g/mol. The van der Waals surface area contributed by atoms with Gasteiger partial charge in [-0.1, -0.05) is 46.3 Å². The summed E-state index contributed by atoms with van der Waals surface area (Å²) in [5, 5.41) is 6.47. The van der Waals surface area contributed by atoms with E-state index in [9.17, 15) is 9.59 Å². The number of hydrazone groups is 1. The molecule has 2 aromatic carbocycles. The molecule has 0 bridgehead atoms. The second-order valence-corrected chi connectivity index (χ2v) is 6.34. The van der Waals surface area contributed by atoms with Crippen molar-refractivity contribution in [1.29, 1.82) is 0 Å². The highest BCUT2D eigenvalue weighted by Gasteiger charge is 2.16. The number of nitrogens with zero attached hydrogens (tertiary/aromatic N) is 1. The first-order valence-corrected chi connectivity index (χ1v) is 8.91. The van der Waals surface area contributed by atoms with Gasteiger partial charge in [-0.15, -0.1) is 0 Å². The van der Waals surface area contributed by atoms with E-state index >= 15 is 0 Å². The van der Waals surface area contributed by atoms with Crippen molar-refractivity contribution in [1.82, 2.24) is 10.7 Å². The van der Waals surface area contributed by atoms with E-state index in [2.05, 4.69) is 31.8 Å². The Bertz CT molecular complexity index is 794. The lowest BCUT2D eigenvalue weighted by molar-refractivity contribution is -0.139. The summed E-state index contributed by atoms with van der Waals surface area (Å²) in [5.41, 5.74) is 3.81. The zero-order chi connectivity index (χ0) is 18.9. The molecule has 0 aromatic heterocycles. The minimum Gasteiger partial charge on any atom is -0.493 e. The average molecular weight is 418 g/mol. The Morgan fingerprint density at radius 1 is 1.19 bits per heavy atom. The van der Waals surface area contributed by atoms with E-state index in [1.54, 1.807) is 19.1 Å². The molecule has 2 aromatic rings. The quantitative estimate of drug-likeness (QED) is 0.430. The first kappa shape index (κ1) is 19.7. The molecule has 6 nitrogen and oxygen atoms in total. The van der Waals surface area contributed by atoms with Gasteiger partial charge in [-0.3, -0.25) is 9.59 Å². The van der Waals surface area contributed by atoms with Gasteiger partial charge in [-0.05, 0) is 37.6 Å². The van der Waals surface area contributed by atoms with Gasteiger partial charge in [0.15, 0.2) is 0 Å². The van der Waals surface area contributed by atoms with Gasteiger partial charge in [0.05, 0.1) is 18.9 Å². The molecule has 0 unspecified atom stereocenters. The standard InChI is InChI=1S/C19H20BrN3O3/c1-3-26-17-10-9-16(20)11-15(17)12-21-23-19(25)18(24)22-13(2)14-7-5-4-6-8-14/h4-13H,3H2,1-2H3,(H,22,24)(H,23,25)/b21-12-/t13-/m0/s1. The van der Waals surface area contributed by atoms with Crippen molar-refractivity contribution in [3.63, 3.8) is 0 Å². The molecule has 2 N–H and O–H groups in total. The maximum atomic E-state index is 12.0. The molecule has 0 heterocycles. The molecule has 0 spiro atoms. The van der Waals surface area contributed by atoms with Crippen LogP contribution in [0.1, 0.15) is 31.0 Å². The fourth-order valence-electron chi connectivity index (χ4n) is 2.21. The number of hydrogen-bond donors (Lipinski definition) is 2. The van der Waals surface area contributed by atoms with Crippen LogP contribution in [-0.4, -0.2) is 24.6 Å². The first-order chi connectivity index (χ1) is 12.5. The van der Waals surface area contributed by atoms with Crippen LogP contribution in [0.5, 0.6) is 5.75 Å². The summed E-state index contributed by atoms with van der Waals surface area (Å²) in [6, 6.07) is 14.5. The molecule has 0 aliphatic rings. The Labute approximate surface area is 160 Å². The smallest absolute Gasteiger partial charge is 0.329 e. The number of ether oxygens (including phenoxy) is 1. The van der Waals surface area contributed by atoms with Gasteiger partial charge in [0.2, 0.25) is 0 Å². The molecule has 7 heteroatoms. The van der Waals surface area contributed by atoms with Crippen LogP contribution in [0.25, 0.3) is 0 Å². The van der Waals surface area contributed by atoms with E-state index in [4.69, 9.17) is 4.74 Å². The first-order valence-electron chi connectivity index (χ1n) is 8.12. The second kappa shape index (κ2) is 9.72. The maximum absolute atomic E-state index is 12.0. The molecule has 0 aliphatic carbocycles. The molecule has 136 valence electrons. The minimum absolute atomic E-state index is 0.284. The zero-order valence-corrected chi connectivity index (χ0v) is 16.1. The summed E-state index contributed by atoms with van der Waals surface area (Å²) < 4.78 is 6.34. The van der Waals surface area contributed by atoms with Crippen molar-refractivity contribution >= 4 is 34.0 Å². The fraction of sp³-hybridized carbons (Fsp3) is 0.211. The van der Waals surface area contributed by atoms with Crippen LogP contribution in [0.4, 0.5) is 0 Å². The van der Waals surface area contributed by atoms with Crippen LogP contribution < -0.4 is 15.5 Å². The third kappa shape index (κ3) is 5.70. The number of benzene rings is 2. The normalized spacial score (nSPS) is 11.8. The van der Waals surface area contributed by atoms with E-state index in [0.717, 1.165) is 10.0 Å². The Morgan fingerprint density at radius 2 is 1.92 bits per heavy atom. The number of carbonyl (C=O) groups excluding carboxylic acids is 2. The third-order valence-electron chi connectivity index (χ3n) is 3.49. The van der Waals surface area contributed by atoms with Crippen LogP contribution in [0.15, 0.2) is 58.1 Å². The molecule has 26 heavy (non-hydrogen) atoms. The molecular weight excluding hydrogens is 398 g/mol. The van der Waals surface area contributed by atoms with Gasteiger partial charge in [0, 0.05) is 10.0 Å². The predicted octanol–water partition coefficient (Wildman–Crippen LogP) is 3.18. The number of halogens is 1. The average Bonchev–Trinajstić information content (AvgIpc) is 2.64. The van der Waals surface area contributed by atoms with Crippen LogP contribution >= 0.6 is 15.9 Å². The summed E-state index contributed by atoms with van der Waals surface area (Å²) in [6.45, 7) is 4.19. The van der Waals surface area contributed by atoms with Crippen LogP contribution in [0.2, 0.25) is 0 Å². The van der Waals surface area contributed by atoms with Gasteiger partial charge in [-0.25, -0.2) is 5.43 Å². The third-order valence-corrected chi connectivity index (χ3v) is 3.99. The lowest BCUT2D eigenvalue weighted by atomic mass is 10.1. The Balaban J connectivity index is 1.94. The van der Waals surface area contributed by atoms with Crippen molar-refractivity contribution in [3.8, 4) is 5.75 Å². The van der Waals surface area contributed by atoms with Gasteiger partial charge >= 0.3 is 11.8 Å². The number of nitrogens with one attached hydrogen (secondary N) is 2. The molecule has 2 rings (SSSR count). The van der Waals surface area contributed by atoms with E-state index in [-0.39, 0.29) is 6.04 Å². The van der Waals surface area contributed by atoms with Crippen LogP contribution in [-0.2, 0) is 9.59 Å². The SMILES string of the molecule is CCOc1ccc(Br)cc1/C=N\NC(=O)C(=O)N[C@@H](C)c1ccccc1. The summed E-state index contributed by atoms with van der Waals surface area (Å²) in [5.74, 6) is -0.953. The van der Waals surface area contributed by atoms with E-state index in [1.807, 2.05) is 43.3 Å². The summed E-state index contributed by atoms with van der Waals surface area (Å²) >= 11 is 3.37. The van der Waals surface area contributed by atoms with E-state index < -0.39 is 11.8 Å². The van der Waals surface area contributed by atoms with Crippen molar-refractivity contribution in [3.05, 3.63) is 64.1 Å². The van der Waals surface area contributed by atoms with Crippen molar-refractivity contribution in [2.75, 3.05) is 6.61 Å². The van der Waals surface area contributed by atoms with Crippen molar-refractivity contribution in [2.45, 2.75) is 19.9 Å². The van der Waals surface area contributed by atoms with Crippen molar-refractivity contribution < 1.29 is 14.3 Å². The molecule has 0 fully saturated rings. The highest BCUT2D eigenvalue weighted by Crippen LogP contribution is 2.21. The highest BCUT2D eigenvalue weighted by molar-refractivity contribution is 9.10. The highest BCUT2D eigenvalue weighted by atomic mass is 79.9. The molecule has 2 amide bonds. The zero-order valence-electron chi connectivity index (χ0n) is 14.5. The second-order valence-electron chi connectivity index (χ2n) is 5.42. The maximum Gasteiger partial charge on any atom is 0.329 e. The van der Waals surface area contributed by atoms with Gasteiger partial charge in [-0.2, -0.15) is 5.10 Å². The van der Waals surface area contributed by atoms with Crippen LogP contribution in [0, 0.1) is 0 Å². The minimum atomic E-state index is -0.836. The fourth-order valence-corrected chi connectivity index (χ4v) is 2.58. The Kier molecular flexibility index (Phi) is 7.35. The Morgan fingerprint density at radius 3 is 2.62 bits per heavy atom. The molecule has 1 atom stereocenters. The molecule has 0 radical (unpaired) electrons. The van der Waals surface area contributed by atoms with Gasteiger partial charge in [0.1, 0.15) is 5.75 Å². The molecule has 0 saturated carbocycles. The number of hydrogen-bond acceptors (Lipinski definition) is 4. The van der Waals surface area contributed by atoms with Gasteiger partial charge < -0.3 is 10.1 Å². The summed E-state index contributed by atoms with van der Waals surface area (Å²) in [4.78, 5) is 23.9. The Hall–Kier alpha value is -2.67. The number of amides is 2. The van der Waals surface area contributed by atoms with Crippen LogP contribution in [0.3, 0.4) is 0 Å². The number of rotatable bonds is 6. The topological polar surface area (TPSA) is 79.8 Å². The lowest BCUT2D eigenvalue weighted by Crippen LogP contribution is -2.39. The van der Waals surface area contributed by atoms with Crippen molar-refractivity contribution in [2.24, 2.45) is 5.10 Å². The molecular formula is C19H20BrN3O3. The largest absolute Gasteiger partial charge is 0.493 e. The molecule has 0 saturated heterocycles.